The summed E-state index contributed by atoms with van der Waals surface area (Å²) in [6.45, 7) is 2.72. The normalized spacial score (nSPS) is 21.4. The predicted octanol–water partition coefficient (Wildman–Crippen LogP) is 2.61. The van der Waals surface area contributed by atoms with Gasteiger partial charge in [0.25, 0.3) is 0 Å². The van der Waals surface area contributed by atoms with E-state index in [2.05, 4.69) is 0 Å². The third-order valence-electron chi connectivity index (χ3n) is 4.08. The largest absolute Gasteiger partial charge is 0.405 e. The van der Waals surface area contributed by atoms with Gasteiger partial charge in [0.05, 0.1) is 5.75 Å². The Morgan fingerprint density at radius 3 is 2.25 bits per heavy atom. The molecule has 136 valence electrons. The zero-order valence-electron chi connectivity index (χ0n) is 13.4. The van der Waals surface area contributed by atoms with Crippen molar-refractivity contribution in [1.29, 1.82) is 0 Å². The topological polar surface area (TPSA) is 40.6 Å². The van der Waals surface area contributed by atoms with E-state index in [0.717, 1.165) is 16.4 Å². The van der Waals surface area contributed by atoms with Gasteiger partial charge in [-0.25, -0.2) is 12.8 Å². The fourth-order valence-corrected chi connectivity index (χ4v) is 4.34. The summed E-state index contributed by atoms with van der Waals surface area (Å²) in [7, 11) is -3.91. The molecule has 0 radical (unpaired) electrons. The van der Waals surface area contributed by atoms with Gasteiger partial charge in [0.2, 0.25) is 10.0 Å². The Bertz CT molecular complexity index is 659. The summed E-state index contributed by atoms with van der Waals surface area (Å²) in [4.78, 5) is 1.27. The Kier molecular flexibility index (Phi) is 5.56. The lowest BCUT2D eigenvalue weighted by Gasteiger charge is -2.43. The van der Waals surface area contributed by atoms with E-state index in [9.17, 15) is 26.0 Å². The highest BCUT2D eigenvalue weighted by atomic mass is 32.2. The van der Waals surface area contributed by atoms with Crippen LogP contribution in [0.1, 0.15) is 19.4 Å². The van der Waals surface area contributed by atoms with Crippen molar-refractivity contribution in [2.75, 3.05) is 19.6 Å². The van der Waals surface area contributed by atoms with Crippen LogP contribution in [0.25, 0.3) is 0 Å². The van der Waals surface area contributed by atoms with Gasteiger partial charge in [0.1, 0.15) is 11.9 Å². The summed E-state index contributed by atoms with van der Waals surface area (Å²) in [5.74, 6) is -0.946. The molecule has 0 bridgehead atoms. The molecule has 0 spiro atoms. The summed E-state index contributed by atoms with van der Waals surface area (Å²) in [5, 5.41) is 0. The van der Waals surface area contributed by atoms with Crippen LogP contribution in [0.4, 0.5) is 17.6 Å². The van der Waals surface area contributed by atoms with Crippen molar-refractivity contribution in [1.82, 2.24) is 9.21 Å². The Morgan fingerprint density at radius 1 is 1.17 bits per heavy atom. The molecular formula is C15H20F4N2O2S. The van der Waals surface area contributed by atoms with Gasteiger partial charge in [-0.3, -0.25) is 4.90 Å². The Balaban J connectivity index is 2.17. The molecule has 1 aromatic rings. The Hall–Kier alpha value is -1.19. The van der Waals surface area contributed by atoms with E-state index in [1.165, 1.54) is 17.0 Å². The van der Waals surface area contributed by atoms with Crippen LogP contribution >= 0.6 is 0 Å². The molecule has 1 aliphatic heterocycles. The molecule has 1 unspecified atom stereocenters. The molecule has 0 N–H and O–H groups in total. The minimum Gasteiger partial charge on any atom is -0.287 e. The second-order valence-corrected chi connectivity index (χ2v) is 8.10. The monoisotopic (exact) mass is 368 g/mol. The van der Waals surface area contributed by atoms with Gasteiger partial charge in [0, 0.05) is 25.7 Å². The molecule has 0 saturated carbocycles. The average Bonchev–Trinajstić information content (AvgIpc) is 2.48. The number of hydrogen-bond acceptors (Lipinski definition) is 3. The van der Waals surface area contributed by atoms with Crippen LogP contribution in [-0.2, 0) is 15.8 Å². The number of sulfonamides is 1. The molecule has 0 aromatic heterocycles. The van der Waals surface area contributed by atoms with E-state index in [4.69, 9.17) is 0 Å². The van der Waals surface area contributed by atoms with Gasteiger partial charge in [0.15, 0.2) is 0 Å². The van der Waals surface area contributed by atoms with Crippen LogP contribution < -0.4 is 0 Å². The van der Waals surface area contributed by atoms with Gasteiger partial charge in [-0.05, 0) is 31.5 Å². The maximum Gasteiger partial charge on any atom is 0.405 e. The molecule has 1 aliphatic rings. The second-order valence-electron chi connectivity index (χ2n) is 6.13. The first-order chi connectivity index (χ1) is 11.0. The number of alkyl halides is 3. The lowest BCUT2D eigenvalue weighted by atomic mass is 10.1. The third-order valence-corrected chi connectivity index (χ3v) is 5.90. The van der Waals surface area contributed by atoms with Crippen LogP contribution in [0.2, 0.25) is 0 Å². The molecule has 1 heterocycles. The predicted molar refractivity (Wildman–Crippen MR) is 82.3 cm³/mol. The highest BCUT2D eigenvalue weighted by molar-refractivity contribution is 7.88. The number of benzene rings is 1. The highest BCUT2D eigenvalue weighted by Gasteiger charge is 2.48. The summed E-state index contributed by atoms with van der Waals surface area (Å²) >= 11 is 0. The van der Waals surface area contributed by atoms with E-state index in [0.29, 0.717) is 5.56 Å². The summed E-state index contributed by atoms with van der Waals surface area (Å²) in [6.07, 6.45) is -4.51. The second kappa shape index (κ2) is 6.97. The van der Waals surface area contributed by atoms with Gasteiger partial charge >= 0.3 is 6.18 Å². The van der Waals surface area contributed by atoms with Crippen LogP contribution in [-0.4, -0.2) is 55.5 Å². The van der Waals surface area contributed by atoms with Gasteiger partial charge in [-0.2, -0.15) is 17.5 Å². The molecular weight excluding hydrogens is 348 g/mol. The van der Waals surface area contributed by atoms with E-state index in [1.54, 1.807) is 13.8 Å². The zero-order valence-corrected chi connectivity index (χ0v) is 14.2. The van der Waals surface area contributed by atoms with Crippen molar-refractivity contribution in [2.24, 2.45) is 0 Å². The highest BCUT2D eigenvalue weighted by Crippen LogP contribution is 2.30. The van der Waals surface area contributed by atoms with Crippen LogP contribution in [0, 0.1) is 5.82 Å². The lowest BCUT2D eigenvalue weighted by Crippen LogP contribution is -2.61. The van der Waals surface area contributed by atoms with Crippen molar-refractivity contribution < 1.29 is 26.0 Å². The molecule has 1 atom stereocenters. The number of halogens is 4. The Morgan fingerprint density at radius 2 is 1.75 bits per heavy atom. The zero-order chi connectivity index (χ0) is 18.1. The molecule has 0 aliphatic carbocycles. The molecule has 1 saturated heterocycles. The molecule has 1 aromatic carbocycles. The smallest absolute Gasteiger partial charge is 0.287 e. The standard InChI is InChI=1S/C15H20F4N2O2S/c1-11(2)21-8-7-20(9-14(21)15(17,18)19)24(22,23)10-12-3-5-13(16)6-4-12/h3-6,11,14H,7-10H2,1-2H3. The van der Waals surface area contributed by atoms with Crippen molar-refractivity contribution in [3.63, 3.8) is 0 Å². The summed E-state index contributed by atoms with van der Waals surface area (Å²) in [5.41, 5.74) is 0.339. The van der Waals surface area contributed by atoms with Gasteiger partial charge < -0.3 is 0 Å². The van der Waals surface area contributed by atoms with E-state index in [-0.39, 0.29) is 19.1 Å². The van der Waals surface area contributed by atoms with Gasteiger partial charge in [-0.15, -0.1) is 0 Å². The number of nitrogens with zero attached hydrogens (tertiary/aromatic N) is 2. The maximum atomic E-state index is 13.3. The van der Waals surface area contributed by atoms with Crippen molar-refractivity contribution in [3.8, 4) is 0 Å². The van der Waals surface area contributed by atoms with Crippen molar-refractivity contribution in [3.05, 3.63) is 35.6 Å². The molecule has 4 nitrogen and oxygen atoms in total. The van der Waals surface area contributed by atoms with Crippen molar-refractivity contribution >= 4 is 10.0 Å². The molecule has 0 amide bonds. The van der Waals surface area contributed by atoms with Crippen molar-refractivity contribution in [2.45, 2.75) is 37.9 Å². The maximum absolute atomic E-state index is 13.3. The Labute approximate surface area is 139 Å². The molecule has 2 rings (SSSR count). The third kappa shape index (κ3) is 4.46. The quantitative estimate of drug-likeness (QED) is 0.767. The lowest BCUT2D eigenvalue weighted by molar-refractivity contribution is -0.197. The number of hydrogen-bond donors (Lipinski definition) is 0. The fraction of sp³-hybridized carbons (Fsp3) is 0.600. The minimum absolute atomic E-state index is 0.00822. The van der Waals surface area contributed by atoms with Crippen LogP contribution in [0.15, 0.2) is 24.3 Å². The first-order valence-corrected chi connectivity index (χ1v) is 9.16. The fourth-order valence-electron chi connectivity index (χ4n) is 2.82. The molecule has 24 heavy (non-hydrogen) atoms. The first-order valence-electron chi connectivity index (χ1n) is 7.55. The molecule has 9 heteroatoms. The van der Waals surface area contributed by atoms with E-state index in [1.807, 2.05) is 0 Å². The average molecular weight is 368 g/mol. The summed E-state index contributed by atoms with van der Waals surface area (Å²) in [6, 6.07) is 2.73. The first kappa shape index (κ1) is 19.1. The van der Waals surface area contributed by atoms with Crippen LogP contribution in [0.3, 0.4) is 0 Å². The number of rotatable bonds is 4. The van der Waals surface area contributed by atoms with Crippen LogP contribution in [0.5, 0.6) is 0 Å². The number of piperazine rings is 1. The molecule has 1 fully saturated rings. The van der Waals surface area contributed by atoms with E-state index < -0.39 is 40.4 Å². The SMILES string of the molecule is CC(C)N1CCN(S(=O)(=O)Cc2ccc(F)cc2)CC1C(F)(F)F. The summed E-state index contributed by atoms with van der Waals surface area (Å²) < 4.78 is 78.5. The van der Waals surface area contributed by atoms with Gasteiger partial charge in [-0.1, -0.05) is 12.1 Å². The van der Waals surface area contributed by atoms with E-state index >= 15 is 0 Å². The minimum atomic E-state index is -4.51.